The number of nitriles is 2. The Hall–Kier alpha value is -10.5. The van der Waals surface area contributed by atoms with E-state index < -0.39 is 11.6 Å². The number of aryl methyl sites for hydroxylation is 16. The van der Waals surface area contributed by atoms with Crippen LogP contribution in [-0.2, 0) is 0 Å². The molecule has 112 heavy (non-hydrogen) atoms. The third-order valence-corrected chi connectivity index (χ3v) is 16.0. The fraction of sp³-hybridized carbons (Fsp3) is 0.175. The van der Waals surface area contributed by atoms with Crippen molar-refractivity contribution in [2.45, 2.75) is 111 Å². The molecule has 13 aromatic carbocycles. The maximum Gasteiger partial charge on any atom is 0.159 e. The molecule has 0 saturated heterocycles. The van der Waals surface area contributed by atoms with E-state index in [4.69, 9.17) is 78.4 Å². The van der Waals surface area contributed by atoms with Crippen LogP contribution in [0.1, 0.15) is 100 Å². The number of halogens is 11. The lowest BCUT2D eigenvalue weighted by atomic mass is 10.1. The number of ether oxygens (including phenoxy) is 1. The number of methoxy groups -OCH3 is 1. The van der Waals surface area contributed by atoms with E-state index in [1.807, 2.05) is 191 Å². The predicted octanol–water partition coefficient (Wildman–Crippen LogP) is 30.4. The molecule has 0 atom stereocenters. The highest BCUT2D eigenvalue weighted by Crippen LogP contribution is 2.23. The number of phenols is 1. The molecule has 0 fully saturated rings. The normalized spacial score (nSPS) is 9.27. The van der Waals surface area contributed by atoms with Crippen LogP contribution in [0.2, 0.25) is 25.1 Å². The average Bonchev–Trinajstić information content (AvgIpc) is 0.888. The molecular formula is C97H99Cl5F6N2O2. The van der Waals surface area contributed by atoms with E-state index in [1.54, 1.807) is 80.8 Å². The molecule has 0 spiro atoms. The summed E-state index contributed by atoms with van der Waals surface area (Å²) in [5.74, 6) is -1.55. The van der Waals surface area contributed by atoms with Crippen LogP contribution in [0.5, 0.6) is 11.5 Å². The highest BCUT2D eigenvalue weighted by Gasteiger charge is 2.01. The minimum absolute atomic E-state index is 0.141. The van der Waals surface area contributed by atoms with Gasteiger partial charge in [0, 0.05) is 10.0 Å². The summed E-state index contributed by atoms with van der Waals surface area (Å²) in [6.45, 7) is 31.5. The fourth-order valence-corrected chi connectivity index (χ4v) is 9.41. The van der Waals surface area contributed by atoms with Crippen LogP contribution in [0, 0.1) is 168 Å². The molecule has 13 rings (SSSR count). The molecule has 13 aromatic rings. The van der Waals surface area contributed by atoms with Crippen molar-refractivity contribution < 1.29 is 36.2 Å². The van der Waals surface area contributed by atoms with E-state index in [9.17, 15) is 26.3 Å². The van der Waals surface area contributed by atoms with Gasteiger partial charge in [-0.3, -0.25) is 0 Å². The molecule has 4 nitrogen and oxygen atoms in total. The third-order valence-electron chi connectivity index (χ3n) is 14.6. The highest BCUT2D eigenvalue weighted by molar-refractivity contribution is 6.32. The van der Waals surface area contributed by atoms with Gasteiger partial charge in [-0.1, -0.05) is 249 Å². The zero-order valence-corrected chi connectivity index (χ0v) is 70.3. The van der Waals surface area contributed by atoms with Crippen LogP contribution in [0.4, 0.5) is 26.3 Å². The van der Waals surface area contributed by atoms with Gasteiger partial charge >= 0.3 is 0 Å². The number of aromatic hydroxyl groups is 1. The third kappa shape index (κ3) is 48.9. The average molecular weight is 1620 g/mol. The summed E-state index contributed by atoms with van der Waals surface area (Å²) in [6, 6.07) is 89.2. The van der Waals surface area contributed by atoms with Crippen LogP contribution < -0.4 is 4.74 Å². The van der Waals surface area contributed by atoms with Crippen LogP contribution in [0.3, 0.4) is 0 Å². The lowest BCUT2D eigenvalue weighted by Crippen LogP contribution is -1.82. The quantitative estimate of drug-likeness (QED) is 0.166. The number of hydrogen-bond acceptors (Lipinski definition) is 4. The van der Waals surface area contributed by atoms with E-state index >= 15 is 0 Å². The van der Waals surface area contributed by atoms with Crippen molar-refractivity contribution in [2.24, 2.45) is 0 Å². The molecule has 0 radical (unpaired) electrons. The summed E-state index contributed by atoms with van der Waals surface area (Å²) in [5.41, 5.74) is 19.5. The second-order valence-corrected chi connectivity index (χ2v) is 27.7. The van der Waals surface area contributed by atoms with Gasteiger partial charge in [0.25, 0.3) is 0 Å². The molecule has 0 aliphatic rings. The first kappa shape index (κ1) is 99.5. The van der Waals surface area contributed by atoms with Crippen molar-refractivity contribution in [3.8, 4) is 23.6 Å². The molecule has 586 valence electrons. The van der Waals surface area contributed by atoms with Gasteiger partial charge in [0.1, 0.15) is 34.8 Å². The maximum atomic E-state index is 12.4. The van der Waals surface area contributed by atoms with Gasteiger partial charge in [-0.25, -0.2) is 26.3 Å². The fourth-order valence-electron chi connectivity index (χ4n) is 8.45. The molecule has 0 aromatic heterocycles. The van der Waals surface area contributed by atoms with Crippen molar-refractivity contribution >= 4 is 58.0 Å². The largest absolute Gasteiger partial charge is 0.506 e. The Labute approximate surface area is 686 Å². The molecule has 0 saturated carbocycles. The number of phenolic OH excluding ortho intramolecular Hbond substituents is 1. The first-order valence-corrected chi connectivity index (χ1v) is 37.0. The molecule has 0 heterocycles. The first-order valence-electron chi connectivity index (χ1n) is 35.1. The minimum atomic E-state index is -0.791. The van der Waals surface area contributed by atoms with E-state index in [0.29, 0.717) is 5.02 Å². The summed E-state index contributed by atoms with van der Waals surface area (Å²) in [5, 5.41) is 28.3. The van der Waals surface area contributed by atoms with Crippen molar-refractivity contribution in [2.75, 3.05) is 7.11 Å². The van der Waals surface area contributed by atoms with Gasteiger partial charge in [-0.05, 0) is 294 Å². The van der Waals surface area contributed by atoms with Crippen molar-refractivity contribution in [3.05, 3.63) is 445 Å². The van der Waals surface area contributed by atoms with Gasteiger partial charge in [0.2, 0.25) is 0 Å². The molecular weight excluding hydrogens is 1520 g/mol. The van der Waals surface area contributed by atoms with Crippen molar-refractivity contribution in [1.82, 2.24) is 0 Å². The summed E-state index contributed by atoms with van der Waals surface area (Å²) in [4.78, 5) is 0. The Morgan fingerprint density at radius 1 is 0.268 bits per heavy atom. The second-order valence-electron chi connectivity index (χ2n) is 25.6. The first-order chi connectivity index (χ1) is 52.9. The topological polar surface area (TPSA) is 77.0 Å². The van der Waals surface area contributed by atoms with Gasteiger partial charge in [-0.15, -0.1) is 0 Å². The van der Waals surface area contributed by atoms with Crippen LogP contribution in [0.15, 0.2) is 285 Å². The molecule has 0 unspecified atom stereocenters. The van der Waals surface area contributed by atoms with Crippen molar-refractivity contribution in [3.63, 3.8) is 0 Å². The second kappa shape index (κ2) is 56.6. The van der Waals surface area contributed by atoms with Gasteiger partial charge in [0.05, 0.1) is 45.4 Å². The van der Waals surface area contributed by atoms with E-state index in [0.717, 1.165) is 89.1 Å². The number of benzene rings is 13. The predicted molar refractivity (Wildman–Crippen MR) is 462 cm³/mol. The highest BCUT2D eigenvalue weighted by atomic mass is 35.5. The number of rotatable bonds is 1. The number of hydrogen-bond donors (Lipinski definition) is 1. The minimum Gasteiger partial charge on any atom is -0.506 e. The van der Waals surface area contributed by atoms with Gasteiger partial charge in [0.15, 0.2) is 11.6 Å². The summed E-state index contributed by atoms with van der Waals surface area (Å²) >= 11 is 27.7. The maximum absolute atomic E-state index is 12.4. The standard InChI is InChI=1S/C9H9N.C8H7N.C8H10O.2C8H10.2C7H6ClF.C7H7ClO.2C7H7Cl.C7H6F2.2C7H7F/c1-7-3-4-8(2)9(5-7)6-10;1-7-3-2-4-8(5-7)6-9;1-7-4-3-5-8(6-7)9-2;1-7-3-5-8(2)6-4-7;1-7-4-3-5-8(2)6-7;1-5-2-3-7(9)6(8)4-5;1-5-2-3-6(8)7(9)4-5;1-5-2-3-7(9)6(8)4-5;1-6-2-4-7(8)5-3-6;1-6-3-2-4-7(8)5-6;1-5-2-3-6(8)7(9)4-5;1-6-2-4-7(8)5-3-6;1-6-3-2-4-7(8)5-6/h3-5H,1-2H3;2-5H,1H3;3-6H,1-2H3;2*3-6H,1-2H3;2*2-4H,1H3;2-4,9H,1H3;2*2-5H,1H3;2-4H,1H3;2*2-5H,1H3. The molecule has 0 bridgehead atoms. The Balaban J connectivity index is 0.000000607. The SMILES string of the molecule is COc1cccc(C)c1.Cc1ccc(C)c(C#N)c1.Cc1ccc(C)cc1.Cc1ccc(Cl)c(F)c1.Cc1ccc(Cl)cc1.Cc1ccc(F)c(Cl)c1.Cc1ccc(F)c(F)c1.Cc1ccc(F)cc1.Cc1ccc(O)c(Cl)c1.Cc1cccc(C#N)c1.Cc1cccc(C)c1.Cc1cccc(Cl)c1.Cc1cccc(F)c1. The Morgan fingerprint density at radius 2 is 0.643 bits per heavy atom. The summed E-state index contributed by atoms with van der Waals surface area (Å²) < 4.78 is 78.4. The number of nitrogens with zero attached hydrogens (tertiary/aromatic N) is 2. The lowest BCUT2D eigenvalue weighted by Gasteiger charge is -1.97. The molecule has 0 aliphatic carbocycles. The molecule has 15 heteroatoms. The van der Waals surface area contributed by atoms with E-state index in [-0.39, 0.29) is 39.1 Å². The van der Waals surface area contributed by atoms with E-state index in [2.05, 4.69) is 88.4 Å². The van der Waals surface area contributed by atoms with Crippen LogP contribution in [0.25, 0.3) is 0 Å². The lowest BCUT2D eigenvalue weighted by molar-refractivity contribution is 0.414. The van der Waals surface area contributed by atoms with Crippen molar-refractivity contribution in [1.29, 1.82) is 10.5 Å². The zero-order chi connectivity index (χ0) is 84.3. The Morgan fingerprint density at radius 3 is 0.964 bits per heavy atom. The molecule has 0 amide bonds. The van der Waals surface area contributed by atoms with Gasteiger partial charge < -0.3 is 9.84 Å². The smallest absolute Gasteiger partial charge is 0.159 e. The van der Waals surface area contributed by atoms with Crippen LogP contribution in [-0.4, -0.2) is 12.2 Å². The van der Waals surface area contributed by atoms with Gasteiger partial charge in [-0.2, -0.15) is 10.5 Å². The molecule has 0 aliphatic heterocycles. The zero-order valence-electron chi connectivity index (χ0n) is 66.5. The van der Waals surface area contributed by atoms with E-state index in [1.165, 1.54) is 81.4 Å². The Bertz CT molecular complexity index is 4430. The summed E-state index contributed by atoms with van der Waals surface area (Å²) in [7, 11) is 1.68. The summed E-state index contributed by atoms with van der Waals surface area (Å²) in [6.07, 6.45) is 0. The molecule has 1 N–H and O–H groups in total. The van der Waals surface area contributed by atoms with Crippen LogP contribution >= 0.6 is 58.0 Å². The monoisotopic (exact) mass is 1610 g/mol. The Kier molecular flexibility index (Phi) is 50.3.